The fraction of sp³-hybridized carbons (Fsp3) is 0.909. The third-order valence-electron chi connectivity index (χ3n) is 2.53. The van der Waals surface area contributed by atoms with Crippen molar-refractivity contribution in [2.45, 2.75) is 57.8 Å². The molecular formula is C11H23N3O2. The third-order valence-corrected chi connectivity index (χ3v) is 2.53. The van der Waals surface area contributed by atoms with E-state index in [0.717, 1.165) is 6.42 Å². The predicted octanol–water partition coefficient (Wildman–Crippen LogP) is 0.589. The number of amides is 2. The van der Waals surface area contributed by atoms with Crippen LogP contribution in [0.3, 0.4) is 0 Å². The molecule has 5 heteroatoms. The summed E-state index contributed by atoms with van der Waals surface area (Å²) < 4.78 is 5.47. The molecular weight excluding hydrogens is 206 g/mol. The Morgan fingerprint density at radius 3 is 2.56 bits per heavy atom. The first-order valence-corrected chi connectivity index (χ1v) is 5.79. The Labute approximate surface area is 97.1 Å². The van der Waals surface area contributed by atoms with Gasteiger partial charge in [0.15, 0.2) is 0 Å². The molecule has 4 N–H and O–H groups in total. The van der Waals surface area contributed by atoms with E-state index in [1.54, 1.807) is 0 Å². The summed E-state index contributed by atoms with van der Waals surface area (Å²) in [4.78, 5) is 11.6. The van der Waals surface area contributed by atoms with Crippen LogP contribution in [0, 0.1) is 0 Å². The number of nitrogens with one attached hydrogen (secondary N) is 2. The largest absolute Gasteiger partial charge is 0.376 e. The normalized spacial score (nSPS) is 29.4. The topological polar surface area (TPSA) is 76.4 Å². The highest BCUT2D eigenvalue weighted by atomic mass is 16.5. The number of ether oxygens (including phenoxy) is 1. The molecule has 3 atom stereocenters. The fourth-order valence-corrected chi connectivity index (χ4v) is 1.76. The van der Waals surface area contributed by atoms with E-state index in [4.69, 9.17) is 10.5 Å². The zero-order valence-electron chi connectivity index (χ0n) is 10.5. The first kappa shape index (κ1) is 13.3. The number of hydrogen-bond acceptors (Lipinski definition) is 3. The van der Waals surface area contributed by atoms with Gasteiger partial charge in [-0.2, -0.15) is 0 Å². The zero-order chi connectivity index (χ0) is 12.3. The number of carbonyl (C=O) groups excluding carboxylic acids is 1. The van der Waals surface area contributed by atoms with Crippen molar-refractivity contribution in [1.82, 2.24) is 10.6 Å². The number of nitrogens with two attached hydrogens (primary N) is 1. The molecule has 0 aromatic carbocycles. The van der Waals surface area contributed by atoms with Crippen LogP contribution in [-0.4, -0.2) is 36.4 Å². The lowest BCUT2D eigenvalue weighted by Crippen LogP contribution is -2.66. The van der Waals surface area contributed by atoms with E-state index in [9.17, 15) is 4.79 Å². The number of hydrogen-bond donors (Lipinski definition) is 3. The quantitative estimate of drug-likeness (QED) is 0.663. The van der Waals surface area contributed by atoms with Crippen molar-refractivity contribution in [2.75, 3.05) is 6.61 Å². The van der Waals surface area contributed by atoms with Gasteiger partial charge in [0.25, 0.3) is 0 Å². The highest BCUT2D eigenvalue weighted by Crippen LogP contribution is 2.22. The van der Waals surface area contributed by atoms with Gasteiger partial charge in [-0.25, -0.2) is 4.79 Å². The van der Waals surface area contributed by atoms with E-state index < -0.39 is 0 Å². The molecule has 0 heterocycles. The predicted molar refractivity (Wildman–Crippen MR) is 63.2 cm³/mol. The van der Waals surface area contributed by atoms with Crippen molar-refractivity contribution in [3.8, 4) is 0 Å². The van der Waals surface area contributed by atoms with Gasteiger partial charge in [-0.3, -0.25) is 0 Å². The molecule has 2 amide bonds. The minimum Gasteiger partial charge on any atom is -0.376 e. The lowest BCUT2D eigenvalue weighted by molar-refractivity contribution is -0.0284. The molecule has 0 saturated heterocycles. The van der Waals surface area contributed by atoms with Crippen molar-refractivity contribution < 1.29 is 9.53 Å². The van der Waals surface area contributed by atoms with E-state index in [2.05, 4.69) is 10.6 Å². The van der Waals surface area contributed by atoms with Crippen LogP contribution in [0.2, 0.25) is 0 Å². The Morgan fingerprint density at radius 2 is 2.12 bits per heavy atom. The molecule has 3 unspecified atom stereocenters. The first-order chi connectivity index (χ1) is 7.33. The molecule has 0 bridgehead atoms. The molecule has 16 heavy (non-hydrogen) atoms. The molecule has 1 fully saturated rings. The summed E-state index contributed by atoms with van der Waals surface area (Å²) in [6, 6.07) is -0.248. The molecule has 1 aliphatic rings. The summed E-state index contributed by atoms with van der Waals surface area (Å²) in [6.45, 7) is 8.40. The lowest BCUT2D eigenvalue weighted by atomic mass is 9.83. The standard InChI is InChI=1S/C11H23N3O2/c1-5-16-8-6-7(12)9(8)13-10(15)14-11(2,3)4/h7-9H,5-6,12H2,1-4H3,(H2,13,14,15). The van der Waals surface area contributed by atoms with Crippen molar-refractivity contribution >= 4 is 6.03 Å². The van der Waals surface area contributed by atoms with E-state index in [1.165, 1.54) is 0 Å². The van der Waals surface area contributed by atoms with Crippen LogP contribution in [0.4, 0.5) is 4.79 Å². The van der Waals surface area contributed by atoms with Crippen LogP contribution < -0.4 is 16.4 Å². The molecule has 0 aromatic heterocycles. The number of carbonyl (C=O) groups is 1. The lowest BCUT2D eigenvalue weighted by Gasteiger charge is -2.42. The molecule has 0 radical (unpaired) electrons. The summed E-state index contributed by atoms with van der Waals surface area (Å²) in [7, 11) is 0. The molecule has 0 spiro atoms. The van der Waals surface area contributed by atoms with Gasteiger partial charge < -0.3 is 21.1 Å². The van der Waals surface area contributed by atoms with Crippen molar-refractivity contribution in [3.05, 3.63) is 0 Å². The second-order valence-electron chi connectivity index (χ2n) is 5.27. The van der Waals surface area contributed by atoms with Crippen LogP contribution in [0.15, 0.2) is 0 Å². The third kappa shape index (κ3) is 3.64. The molecule has 94 valence electrons. The highest BCUT2D eigenvalue weighted by Gasteiger charge is 2.40. The SMILES string of the molecule is CCOC1CC(N)C1NC(=O)NC(C)(C)C. The molecule has 1 rings (SSSR count). The van der Waals surface area contributed by atoms with Crippen LogP contribution in [0.25, 0.3) is 0 Å². The van der Waals surface area contributed by atoms with Crippen LogP contribution in [0.5, 0.6) is 0 Å². The number of rotatable bonds is 3. The van der Waals surface area contributed by atoms with Crippen LogP contribution >= 0.6 is 0 Å². The second-order valence-corrected chi connectivity index (χ2v) is 5.27. The average molecular weight is 229 g/mol. The van der Waals surface area contributed by atoms with E-state index in [1.807, 2.05) is 27.7 Å². The first-order valence-electron chi connectivity index (χ1n) is 5.79. The minimum absolute atomic E-state index is 0.00210. The van der Waals surface area contributed by atoms with Crippen molar-refractivity contribution in [1.29, 1.82) is 0 Å². The maximum atomic E-state index is 11.6. The van der Waals surface area contributed by atoms with Gasteiger partial charge in [0.2, 0.25) is 0 Å². The Bertz CT molecular complexity index is 248. The fourth-order valence-electron chi connectivity index (χ4n) is 1.76. The van der Waals surface area contributed by atoms with Crippen molar-refractivity contribution in [3.63, 3.8) is 0 Å². The Kier molecular flexibility index (Phi) is 4.15. The van der Waals surface area contributed by atoms with Gasteiger partial charge in [0, 0.05) is 18.2 Å². The summed E-state index contributed by atoms with van der Waals surface area (Å²) in [5, 5.41) is 5.70. The van der Waals surface area contributed by atoms with Crippen LogP contribution in [0.1, 0.15) is 34.1 Å². The molecule has 1 saturated carbocycles. The van der Waals surface area contributed by atoms with E-state index in [-0.39, 0.29) is 29.8 Å². The number of urea groups is 1. The summed E-state index contributed by atoms with van der Waals surface area (Å²) in [5.74, 6) is 0. The van der Waals surface area contributed by atoms with Gasteiger partial charge in [-0.1, -0.05) is 0 Å². The Balaban J connectivity index is 2.38. The van der Waals surface area contributed by atoms with Gasteiger partial charge in [-0.05, 0) is 34.1 Å². The summed E-state index contributed by atoms with van der Waals surface area (Å²) in [5.41, 5.74) is 5.60. The second kappa shape index (κ2) is 5.01. The van der Waals surface area contributed by atoms with Crippen molar-refractivity contribution in [2.24, 2.45) is 5.73 Å². The average Bonchev–Trinajstić information content (AvgIpc) is 2.11. The van der Waals surface area contributed by atoms with Gasteiger partial charge >= 0.3 is 6.03 Å². The summed E-state index contributed by atoms with van der Waals surface area (Å²) in [6.07, 6.45) is 0.875. The van der Waals surface area contributed by atoms with E-state index in [0.29, 0.717) is 6.61 Å². The van der Waals surface area contributed by atoms with Gasteiger partial charge in [-0.15, -0.1) is 0 Å². The highest BCUT2D eigenvalue weighted by molar-refractivity contribution is 5.75. The summed E-state index contributed by atoms with van der Waals surface area (Å²) >= 11 is 0. The minimum atomic E-state index is -0.237. The Morgan fingerprint density at radius 1 is 1.50 bits per heavy atom. The molecule has 5 nitrogen and oxygen atoms in total. The smallest absolute Gasteiger partial charge is 0.315 e. The van der Waals surface area contributed by atoms with Gasteiger partial charge in [0.05, 0.1) is 12.1 Å². The molecule has 0 aliphatic heterocycles. The maximum Gasteiger partial charge on any atom is 0.315 e. The Hall–Kier alpha value is -0.810. The van der Waals surface area contributed by atoms with Gasteiger partial charge in [0.1, 0.15) is 0 Å². The van der Waals surface area contributed by atoms with Crippen LogP contribution in [-0.2, 0) is 4.74 Å². The molecule has 1 aliphatic carbocycles. The zero-order valence-corrected chi connectivity index (χ0v) is 10.5. The monoisotopic (exact) mass is 229 g/mol. The van der Waals surface area contributed by atoms with E-state index >= 15 is 0 Å². The maximum absolute atomic E-state index is 11.6. The molecule has 0 aromatic rings.